The number of fused-ring (bicyclic) bond motifs is 1. The van der Waals surface area contributed by atoms with Crippen LogP contribution >= 0.6 is 11.6 Å². The monoisotopic (exact) mass is 249 g/mol. The van der Waals surface area contributed by atoms with Crippen molar-refractivity contribution in [2.24, 2.45) is 0 Å². The first kappa shape index (κ1) is 11.7. The Morgan fingerprint density at radius 2 is 2.29 bits per heavy atom. The fourth-order valence-electron chi connectivity index (χ4n) is 1.52. The number of benzene rings is 1. The van der Waals surface area contributed by atoms with E-state index in [9.17, 15) is 4.79 Å². The first-order valence-electron chi connectivity index (χ1n) is 5.30. The molecular weight excluding hydrogens is 238 g/mol. The van der Waals surface area contributed by atoms with Crippen LogP contribution in [0.25, 0.3) is 10.8 Å². The smallest absolute Gasteiger partial charge is 0.320 e. The minimum atomic E-state index is -0.272. The van der Waals surface area contributed by atoms with Gasteiger partial charge in [0, 0.05) is 28.5 Å². The van der Waals surface area contributed by atoms with E-state index in [4.69, 9.17) is 11.6 Å². The summed E-state index contributed by atoms with van der Waals surface area (Å²) in [7, 11) is 0. The van der Waals surface area contributed by atoms with Crippen molar-refractivity contribution >= 4 is 34.2 Å². The van der Waals surface area contributed by atoms with Gasteiger partial charge in [0.05, 0.1) is 0 Å². The van der Waals surface area contributed by atoms with Gasteiger partial charge >= 0.3 is 6.03 Å². The molecule has 0 bridgehead atoms. The topological polar surface area (TPSA) is 54.0 Å². The number of nitrogens with zero attached hydrogens (tertiary/aromatic N) is 1. The highest BCUT2D eigenvalue weighted by Crippen LogP contribution is 2.24. The molecule has 88 valence electrons. The van der Waals surface area contributed by atoms with Gasteiger partial charge in [0.25, 0.3) is 0 Å². The number of hydrogen-bond acceptors (Lipinski definition) is 2. The Hall–Kier alpha value is -1.81. The van der Waals surface area contributed by atoms with Crippen LogP contribution in [0.2, 0.25) is 5.02 Å². The van der Waals surface area contributed by atoms with Crippen molar-refractivity contribution in [1.82, 2.24) is 10.3 Å². The van der Waals surface area contributed by atoms with Crippen molar-refractivity contribution in [2.45, 2.75) is 6.92 Å². The van der Waals surface area contributed by atoms with Crippen molar-refractivity contribution in [1.29, 1.82) is 0 Å². The van der Waals surface area contributed by atoms with Gasteiger partial charge in [-0.25, -0.2) is 9.78 Å². The standard InChI is InChI=1S/C12H12ClN3O/c1-2-14-12(17)16-11-6-9-8(7-15-11)4-3-5-10(9)13/h3-7H,2H2,1H3,(H2,14,15,16,17). The highest BCUT2D eigenvalue weighted by atomic mass is 35.5. The number of amides is 2. The first-order valence-corrected chi connectivity index (χ1v) is 5.67. The number of carbonyl (C=O) groups is 1. The molecule has 0 atom stereocenters. The molecule has 1 aromatic heterocycles. The number of aromatic nitrogens is 1. The lowest BCUT2D eigenvalue weighted by atomic mass is 10.2. The highest BCUT2D eigenvalue weighted by Gasteiger charge is 2.04. The van der Waals surface area contributed by atoms with Gasteiger partial charge in [-0.2, -0.15) is 0 Å². The molecule has 17 heavy (non-hydrogen) atoms. The molecule has 0 saturated heterocycles. The second kappa shape index (κ2) is 5.01. The average molecular weight is 250 g/mol. The Balaban J connectivity index is 2.31. The predicted octanol–water partition coefficient (Wildman–Crippen LogP) is 3.03. The molecule has 0 unspecified atom stereocenters. The van der Waals surface area contributed by atoms with Crippen LogP contribution in [0.5, 0.6) is 0 Å². The molecular formula is C12H12ClN3O. The van der Waals surface area contributed by atoms with Crippen molar-refractivity contribution in [3.8, 4) is 0 Å². The third kappa shape index (κ3) is 2.65. The molecule has 2 N–H and O–H groups in total. The molecule has 0 saturated carbocycles. The van der Waals surface area contributed by atoms with E-state index in [2.05, 4.69) is 15.6 Å². The fraction of sp³-hybridized carbons (Fsp3) is 0.167. The van der Waals surface area contributed by atoms with Gasteiger partial charge in [0.1, 0.15) is 5.82 Å². The first-order chi connectivity index (χ1) is 8.20. The Morgan fingerprint density at radius 3 is 3.06 bits per heavy atom. The Morgan fingerprint density at radius 1 is 1.47 bits per heavy atom. The lowest BCUT2D eigenvalue weighted by Crippen LogP contribution is -2.28. The van der Waals surface area contributed by atoms with Crippen molar-refractivity contribution in [3.63, 3.8) is 0 Å². The molecule has 1 aromatic carbocycles. The SMILES string of the molecule is CCNC(=O)Nc1cc2c(Cl)cccc2cn1. The summed E-state index contributed by atoms with van der Waals surface area (Å²) in [4.78, 5) is 15.5. The average Bonchev–Trinajstić information content (AvgIpc) is 2.30. The van der Waals surface area contributed by atoms with E-state index in [-0.39, 0.29) is 6.03 Å². The molecule has 0 aliphatic rings. The van der Waals surface area contributed by atoms with Crippen LogP contribution < -0.4 is 10.6 Å². The number of anilines is 1. The largest absolute Gasteiger partial charge is 0.338 e. The lowest BCUT2D eigenvalue weighted by Gasteiger charge is -2.06. The van der Waals surface area contributed by atoms with Crippen LogP contribution in [0.1, 0.15) is 6.92 Å². The molecule has 2 rings (SSSR count). The maximum absolute atomic E-state index is 11.3. The zero-order valence-corrected chi connectivity index (χ0v) is 10.1. The maximum Gasteiger partial charge on any atom is 0.320 e. The summed E-state index contributed by atoms with van der Waals surface area (Å²) >= 11 is 6.07. The van der Waals surface area contributed by atoms with E-state index in [0.717, 1.165) is 10.8 Å². The minimum Gasteiger partial charge on any atom is -0.338 e. The van der Waals surface area contributed by atoms with Crippen molar-refractivity contribution in [2.75, 3.05) is 11.9 Å². The summed E-state index contributed by atoms with van der Waals surface area (Å²) in [6.07, 6.45) is 1.68. The van der Waals surface area contributed by atoms with E-state index in [1.807, 2.05) is 19.1 Å². The number of carbonyl (C=O) groups excluding carboxylic acids is 1. The van der Waals surface area contributed by atoms with Crippen molar-refractivity contribution in [3.05, 3.63) is 35.5 Å². The van der Waals surface area contributed by atoms with Crippen LogP contribution in [-0.2, 0) is 0 Å². The number of hydrogen-bond donors (Lipinski definition) is 2. The van der Waals surface area contributed by atoms with Gasteiger partial charge in [0.15, 0.2) is 0 Å². The molecule has 2 amide bonds. The van der Waals surface area contributed by atoms with Crippen LogP contribution in [0.15, 0.2) is 30.5 Å². The molecule has 0 fully saturated rings. The molecule has 1 heterocycles. The normalized spacial score (nSPS) is 10.2. The summed E-state index contributed by atoms with van der Waals surface area (Å²) in [6.45, 7) is 2.42. The van der Waals surface area contributed by atoms with Gasteiger partial charge in [0.2, 0.25) is 0 Å². The summed E-state index contributed by atoms with van der Waals surface area (Å²) in [6, 6.07) is 7.08. The number of halogens is 1. The quantitative estimate of drug-likeness (QED) is 0.860. The summed E-state index contributed by atoms with van der Waals surface area (Å²) in [5.41, 5.74) is 0. The van der Waals surface area contributed by atoms with Crippen molar-refractivity contribution < 1.29 is 4.79 Å². The number of nitrogens with one attached hydrogen (secondary N) is 2. The van der Waals surface area contributed by atoms with E-state index in [0.29, 0.717) is 17.4 Å². The molecule has 0 aliphatic carbocycles. The third-order valence-electron chi connectivity index (χ3n) is 2.29. The fourth-order valence-corrected chi connectivity index (χ4v) is 1.76. The summed E-state index contributed by atoms with van der Waals surface area (Å²) < 4.78 is 0. The molecule has 0 radical (unpaired) electrons. The molecule has 5 heteroatoms. The van der Waals surface area contributed by atoms with Gasteiger partial charge in [-0.15, -0.1) is 0 Å². The zero-order valence-electron chi connectivity index (χ0n) is 9.33. The Kier molecular flexibility index (Phi) is 3.44. The number of rotatable bonds is 2. The van der Waals surface area contributed by atoms with Gasteiger partial charge in [-0.05, 0) is 19.1 Å². The van der Waals surface area contributed by atoms with E-state index in [1.165, 1.54) is 0 Å². The minimum absolute atomic E-state index is 0.272. The van der Waals surface area contributed by atoms with Gasteiger partial charge < -0.3 is 5.32 Å². The summed E-state index contributed by atoms with van der Waals surface area (Å²) in [5.74, 6) is 0.483. The van der Waals surface area contributed by atoms with Crippen LogP contribution in [0.4, 0.5) is 10.6 Å². The Bertz CT molecular complexity index is 556. The molecule has 0 spiro atoms. The van der Waals surface area contributed by atoms with Crippen LogP contribution in [0.3, 0.4) is 0 Å². The van der Waals surface area contributed by atoms with Gasteiger partial charge in [-0.3, -0.25) is 5.32 Å². The molecule has 4 nitrogen and oxygen atoms in total. The number of urea groups is 1. The van der Waals surface area contributed by atoms with E-state index in [1.54, 1.807) is 18.3 Å². The van der Waals surface area contributed by atoms with E-state index >= 15 is 0 Å². The second-order valence-electron chi connectivity index (χ2n) is 3.51. The molecule has 0 aliphatic heterocycles. The second-order valence-corrected chi connectivity index (χ2v) is 3.92. The van der Waals surface area contributed by atoms with Gasteiger partial charge in [-0.1, -0.05) is 23.7 Å². The predicted molar refractivity (Wildman–Crippen MR) is 69.4 cm³/mol. The maximum atomic E-state index is 11.3. The Labute approximate surface area is 104 Å². The summed E-state index contributed by atoms with van der Waals surface area (Å²) in [5, 5.41) is 7.73. The van der Waals surface area contributed by atoms with Crippen LogP contribution in [-0.4, -0.2) is 17.6 Å². The highest BCUT2D eigenvalue weighted by molar-refractivity contribution is 6.35. The molecule has 2 aromatic rings. The third-order valence-corrected chi connectivity index (χ3v) is 2.62. The number of pyridine rings is 1. The lowest BCUT2D eigenvalue weighted by molar-refractivity contribution is 0.252. The van der Waals surface area contributed by atoms with E-state index < -0.39 is 0 Å². The zero-order chi connectivity index (χ0) is 12.3. The van der Waals surface area contributed by atoms with Crippen LogP contribution in [0, 0.1) is 0 Å².